The molecule has 1 aliphatic heterocycles. The van der Waals surface area contributed by atoms with Gasteiger partial charge in [0, 0.05) is 6.54 Å². The van der Waals surface area contributed by atoms with Gasteiger partial charge in [0.2, 0.25) is 0 Å². The highest BCUT2D eigenvalue weighted by atomic mass is 35.5. The van der Waals surface area contributed by atoms with Crippen LogP contribution in [-0.2, 0) is 0 Å². The average molecular weight is 343 g/mol. The van der Waals surface area contributed by atoms with Gasteiger partial charge in [0.25, 0.3) is 5.91 Å². The van der Waals surface area contributed by atoms with E-state index in [-0.39, 0.29) is 5.91 Å². The van der Waals surface area contributed by atoms with E-state index >= 15 is 0 Å². The number of nitrogens with one attached hydrogen (secondary N) is 2. The van der Waals surface area contributed by atoms with Gasteiger partial charge in [0.05, 0.1) is 10.6 Å². The highest BCUT2D eigenvalue weighted by Crippen LogP contribution is 2.25. The third-order valence-corrected chi connectivity index (χ3v) is 4.88. The zero-order chi connectivity index (χ0) is 16.8. The number of carbonyl (C=O) groups is 1. The van der Waals surface area contributed by atoms with Crippen LogP contribution in [0, 0.1) is 5.92 Å². The number of amides is 1. The van der Waals surface area contributed by atoms with Gasteiger partial charge in [0.15, 0.2) is 0 Å². The standard InChI is InChI=1S/C20H23ClN2O/c21-19-9-8-17(16-6-2-1-3-7-16)13-18(19)20(24)23-12-10-15-5-4-11-22-14-15/h1-3,6-9,13,15,22H,4-5,10-12,14H2,(H,23,24). The van der Waals surface area contributed by atoms with Crippen molar-refractivity contribution in [1.82, 2.24) is 10.6 Å². The van der Waals surface area contributed by atoms with Gasteiger partial charge in [0.1, 0.15) is 0 Å². The van der Waals surface area contributed by atoms with Crippen molar-refractivity contribution in [3.63, 3.8) is 0 Å². The van der Waals surface area contributed by atoms with E-state index < -0.39 is 0 Å². The quantitative estimate of drug-likeness (QED) is 0.858. The van der Waals surface area contributed by atoms with Crippen molar-refractivity contribution >= 4 is 17.5 Å². The molecular formula is C20H23ClN2O. The normalized spacial score (nSPS) is 17.5. The maximum atomic E-state index is 12.5. The van der Waals surface area contributed by atoms with Gasteiger partial charge in [-0.25, -0.2) is 0 Å². The second kappa shape index (κ2) is 8.32. The van der Waals surface area contributed by atoms with E-state index in [1.165, 1.54) is 12.8 Å². The molecule has 0 aromatic heterocycles. The summed E-state index contributed by atoms with van der Waals surface area (Å²) in [7, 11) is 0. The number of piperidine rings is 1. The molecule has 1 saturated heterocycles. The van der Waals surface area contributed by atoms with Crippen LogP contribution in [0.5, 0.6) is 0 Å². The monoisotopic (exact) mass is 342 g/mol. The number of carbonyl (C=O) groups excluding carboxylic acids is 1. The first-order valence-electron chi connectivity index (χ1n) is 8.58. The largest absolute Gasteiger partial charge is 0.352 e. The Morgan fingerprint density at radius 3 is 2.75 bits per heavy atom. The maximum Gasteiger partial charge on any atom is 0.252 e. The Labute approximate surface area is 148 Å². The summed E-state index contributed by atoms with van der Waals surface area (Å²) in [5.74, 6) is 0.562. The zero-order valence-corrected chi connectivity index (χ0v) is 14.5. The lowest BCUT2D eigenvalue weighted by Gasteiger charge is -2.22. The molecule has 0 saturated carbocycles. The summed E-state index contributed by atoms with van der Waals surface area (Å²) in [4.78, 5) is 12.5. The van der Waals surface area contributed by atoms with Crippen LogP contribution in [-0.4, -0.2) is 25.5 Å². The Bertz CT molecular complexity index is 681. The van der Waals surface area contributed by atoms with Crippen LogP contribution < -0.4 is 10.6 Å². The van der Waals surface area contributed by atoms with Gasteiger partial charge in [-0.1, -0.05) is 48.0 Å². The number of hydrogen-bond donors (Lipinski definition) is 2. The molecule has 126 valence electrons. The van der Waals surface area contributed by atoms with Crippen molar-refractivity contribution in [3.05, 3.63) is 59.1 Å². The predicted molar refractivity (Wildman–Crippen MR) is 99.4 cm³/mol. The fourth-order valence-corrected chi connectivity index (χ4v) is 3.37. The molecule has 1 amide bonds. The van der Waals surface area contributed by atoms with E-state index in [1.807, 2.05) is 42.5 Å². The number of hydrogen-bond acceptors (Lipinski definition) is 2. The lowest BCUT2D eigenvalue weighted by atomic mass is 9.96. The number of benzene rings is 2. The molecule has 1 aliphatic rings. The van der Waals surface area contributed by atoms with Gasteiger partial charge in [-0.2, -0.15) is 0 Å². The van der Waals surface area contributed by atoms with Crippen LogP contribution >= 0.6 is 11.6 Å². The fourth-order valence-electron chi connectivity index (χ4n) is 3.16. The first kappa shape index (κ1) is 17.0. The summed E-state index contributed by atoms with van der Waals surface area (Å²) in [6, 6.07) is 15.6. The third kappa shape index (κ3) is 4.37. The predicted octanol–water partition coefficient (Wildman–Crippen LogP) is 4.13. The Hall–Kier alpha value is -1.84. The van der Waals surface area contributed by atoms with Crippen LogP contribution in [0.4, 0.5) is 0 Å². The summed E-state index contributed by atoms with van der Waals surface area (Å²) < 4.78 is 0. The van der Waals surface area contributed by atoms with E-state index in [4.69, 9.17) is 11.6 Å². The zero-order valence-electron chi connectivity index (χ0n) is 13.7. The van der Waals surface area contributed by atoms with Gasteiger partial charge in [-0.05, 0) is 61.5 Å². The Kier molecular flexibility index (Phi) is 5.89. The number of halogens is 1. The van der Waals surface area contributed by atoms with Crippen LogP contribution in [0.3, 0.4) is 0 Å². The Morgan fingerprint density at radius 2 is 2.00 bits per heavy atom. The second-order valence-corrected chi connectivity index (χ2v) is 6.72. The molecule has 3 nitrogen and oxygen atoms in total. The first-order chi connectivity index (χ1) is 11.7. The molecule has 1 heterocycles. The van der Waals surface area contributed by atoms with Crippen molar-refractivity contribution in [2.24, 2.45) is 5.92 Å². The van der Waals surface area contributed by atoms with Gasteiger partial charge in [-0.3, -0.25) is 4.79 Å². The minimum absolute atomic E-state index is 0.0958. The molecule has 2 aromatic carbocycles. The fraction of sp³-hybridized carbons (Fsp3) is 0.350. The van der Waals surface area contributed by atoms with Crippen LogP contribution in [0.1, 0.15) is 29.6 Å². The van der Waals surface area contributed by atoms with Gasteiger partial charge in [-0.15, -0.1) is 0 Å². The molecule has 0 aliphatic carbocycles. The summed E-state index contributed by atoms with van der Waals surface area (Å²) in [5.41, 5.74) is 2.62. The molecule has 24 heavy (non-hydrogen) atoms. The van der Waals surface area contributed by atoms with Crippen LogP contribution in [0.15, 0.2) is 48.5 Å². The van der Waals surface area contributed by atoms with Crippen molar-refractivity contribution in [2.45, 2.75) is 19.3 Å². The molecule has 0 bridgehead atoms. The van der Waals surface area contributed by atoms with Crippen molar-refractivity contribution < 1.29 is 4.79 Å². The Morgan fingerprint density at radius 1 is 1.17 bits per heavy atom. The topological polar surface area (TPSA) is 41.1 Å². The molecule has 2 aromatic rings. The SMILES string of the molecule is O=C(NCCC1CCCNC1)c1cc(-c2ccccc2)ccc1Cl. The summed E-state index contributed by atoms with van der Waals surface area (Å²) in [6.07, 6.45) is 3.48. The van der Waals surface area contributed by atoms with Crippen LogP contribution in [0.2, 0.25) is 5.02 Å². The molecule has 1 fully saturated rings. The lowest BCUT2D eigenvalue weighted by Crippen LogP contribution is -2.33. The lowest BCUT2D eigenvalue weighted by molar-refractivity contribution is 0.0951. The van der Waals surface area contributed by atoms with E-state index in [2.05, 4.69) is 10.6 Å². The summed E-state index contributed by atoms with van der Waals surface area (Å²) in [5, 5.41) is 6.91. The van der Waals surface area contributed by atoms with Crippen LogP contribution in [0.25, 0.3) is 11.1 Å². The minimum atomic E-state index is -0.0958. The molecule has 1 atom stereocenters. The Balaban J connectivity index is 1.63. The minimum Gasteiger partial charge on any atom is -0.352 e. The summed E-state index contributed by atoms with van der Waals surface area (Å²) in [6.45, 7) is 2.86. The molecule has 1 unspecified atom stereocenters. The highest BCUT2D eigenvalue weighted by molar-refractivity contribution is 6.34. The molecule has 3 rings (SSSR count). The first-order valence-corrected chi connectivity index (χ1v) is 8.96. The molecular weight excluding hydrogens is 320 g/mol. The maximum absolute atomic E-state index is 12.5. The smallest absolute Gasteiger partial charge is 0.252 e. The molecule has 2 N–H and O–H groups in total. The number of rotatable bonds is 5. The van der Waals surface area contributed by atoms with Gasteiger partial charge >= 0.3 is 0 Å². The highest BCUT2D eigenvalue weighted by Gasteiger charge is 2.15. The van der Waals surface area contributed by atoms with Crippen molar-refractivity contribution in [1.29, 1.82) is 0 Å². The van der Waals surface area contributed by atoms with E-state index in [1.54, 1.807) is 6.07 Å². The second-order valence-electron chi connectivity index (χ2n) is 6.32. The average Bonchev–Trinajstić information content (AvgIpc) is 2.63. The van der Waals surface area contributed by atoms with Gasteiger partial charge < -0.3 is 10.6 Å². The molecule has 0 spiro atoms. The third-order valence-electron chi connectivity index (χ3n) is 4.56. The van der Waals surface area contributed by atoms with Crippen molar-refractivity contribution in [2.75, 3.05) is 19.6 Å². The molecule has 0 radical (unpaired) electrons. The summed E-state index contributed by atoms with van der Waals surface area (Å²) >= 11 is 6.24. The van der Waals surface area contributed by atoms with Crippen molar-refractivity contribution in [3.8, 4) is 11.1 Å². The van der Waals surface area contributed by atoms with E-state index in [0.717, 1.165) is 30.6 Å². The van der Waals surface area contributed by atoms with E-state index in [9.17, 15) is 4.79 Å². The van der Waals surface area contributed by atoms with E-state index in [0.29, 0.717) is 23.0 Å². The molecule has 4 heteroatoms.